The first-order chi connectivity index (χ1) is 9.67. The van der Waals surface area contributed by atoms with Crippen molar-refractivity contribution in [1.29, 1.82) is 0 Å². The second kappa shape index (κ2) is 7.16. The summed E-state index contributed by atoms with van der Waals surface area (Å²) >= 11 is 0.733. The molecule has 1 unspecified atom stereocenters. The molecule has 0 spiro atoms. The van der Waals surface area contributed by atoms with Crippen LogP contribution in [-0.2, 0) is 10.0 Å². The van der Waals surface area contributed by atoms with E-state index < -0.39 is 14.9 Å². The van der Waals surface area contributed by atoms with Gasteiger partial charge in [0.25, 0.3) is 10.0 Å². The second-order valence-corrected chi connectivity index (χ2v) is 8.17. The predicted molar refractivity (Wildman–Crippen MR) is 82.6 cm³/mol. The molecule has 0 bridgehead atoms. The van der Waals surface area contributed by atoms with Gasteiger partial charge in [-0.1, -0.05) is 25.2 Å². The maximum absolute atomic E-state index is 12.2. The number of nitrogens with zero attached hydrogens (tertiary/aromatic N) is 1. The third kappa shape index (κ3) is 4.92. The molecule has 0 aromatic carbocycles. The lowest BCUT2D eigenvalue weighted by Gasteiger charge is -2.14. The smallest absolute Gasteiger partial charge is 0.306 e. The zero-order valence-electron chi connectivity index (χ0n) is 12.1. The Morgan fingerprint density at radius 1 is 1.38 bits per heavy atom. The van der Waals surface area contributed by atoms with Crippen molar-refractivity contribution >= 4 is 32.0 Å². The molecular formula is C11H20N4O4S2. The minimum absolute atomic E-state index is 0.00945. The van der Waals surface area contributed by atoms with Gasteiger partial charge in [-0.3, -0.25) is 10.1 Å². The summed E-state index contributed by atoms with van der Waals surface area (Å²) in [6.45, 7) is 5.89. The molecule has 0 saturated heterocycles. The minimum atomic E-state index is -3.78. The van der Waals surface area contributed by atoms with Crippen LogP contribution in [-0.4, -0.2) is 19.4 Å². The van der Waals surface area contributed by atoms with Gasteiger partial charge in [0, 0.05) is 12.1 Å². The van der Waals surface area contributed by atoms with Gasteiger partial charge in [-0.05, 0) is 25.7 Å². The van der Waals surface area contributed by atoms with Crippen LogP contribution in [0.5, 0.6) is 0 Å². The first kappa shape index (κ1) is 17.8. The molecule has 10 heteroatoms. The van der Waals surface area contributed by atoms with Gasteiger partial charge in [-0.2, -0.15) is 0 Å². The van der Waals surface area contributed by atoms with Crippen LogP contribution in [0.25, 0.3) is 0 Å². The number of hydrogen-bond acceptors (Lipinski definition) is 7. The van der Waals surface area contributed by atoms with Crippen LogP contribution in [0.4, 0.5) is 10.7 Å². The Labute approximate surface area is 127 Å². The van der Waals surface area contributed by atoms with Crippen molar-refractivity contribution in [3.05, 3.63) is 16.2 Å². The lowest BCUT2D eigenvalue weighted by atomic mass is 10.1. The molecule has 8 nitrogen and oxygen atoms in total. The Kier molecular flexibility index (Phi) is 6.08. The largest absolute Gasteiger partial charge is 0.310 e. The van der Waals surface area contributed by atoms with E-state index >= 15 is 0 Å². The molecule has 0 amide bonds. The first-order valence-electron chi connectivity index (χ1n) is 6.44. The zero-order valence-corrected chi connectivity index (χ0v) is 13.8. The van der Waals surface area contributed by atoms with Crippen molar-refractivity contribution in [3.63, 3.8) is 0 Å². The minimum Gasteiger partial charge on any atom is -0.310 e. The van der Waals surface area contributed by atoms with Crippen molar-refractivity contribution in [2.75, 3.05) is 5.43 Å². The summed E-state index contributed by atoms with van der Waals surface area (Å²) in [6, 6.07) is 0.769. The van der Waals surface area contributed by atoms with Gasteiger partial charge in [0.15, 0.2) is 5.00 Å². The summed E-state index contributed by atoms with van der Waals surface area (Å²) in [5.41, 5.74) is 1.80. The van der Waals surface area contributed by atoms with E-state index in [-0.39, 0.29) is 20.9 Å². The summed E-state index contributed by atoms with van der Waals surface area (Å²) in [5.74, 6) is 5.65. The van der Waals surface area contributed by atoms with E-state index in [1.54, 1.807) is 6.92 Å². The fraction of sp³-hybridized carbons (Fsp3) is 0.636. The average Bonchev–Trinajstić information content (AvgIpc) is 2.80. The lowest BCUT2D eigenvalue weighted by molar-refractivity contribution is -0.383. The molecule has 0 aliphatic rings. The normalized spacial score (nSPS) is 13.4. The van der Waals surface area contributed by atoms with Gasteiger partial charge in [0.1, 0.15) is 4.21 Å². The van der Waals surface area contributed by atoms with Crippen molar-refractivity contribution in [2.45, 2.75) is 43.9 Å². The summed E-state index contributed by atoms with van der Waals surface area (Å²) in [5, 5.41) is 10.8. The van der Waals surface area contributed by atoms with E-state index in [1.165, 1.54) is 0 Å². The molecule has 1 aromatic rings. The number of hydrogen-bond donors (Lipinski definition) is 3. The number of anilines is 1. The maximum atomic E-state index is 12.2. The molecule has 0 fully saturated rings. The highest BCUT2D eigenvalue weighted by Crippen LogP contribution is 2.36. The van der Waals surface area contributed by atoms with E-state index in [1.807, 2.05) is 0 Å². The van der Waals surface area contributed by atoms with Crippen molar-refractivity contribution in [1.82, 2.24) is 4.72 Å². The Morgan fingerprint density at radius 3 is 2.43 bits per heavy atom. The number of nitrogen functional groups attached to an aromatic ring is 1. The molecule has 0 aliphatic heterocycles. The fourth-order valence-electron chi connectivity index (χ4n) is 1.70. The van der Waals surface area contributed by atoms with Crippen LogP contribution in [0.2, 0.25) is 0 Å². The number of hydrazine groups is 1. The summed E-state index contributed by atoms with van der Waals surface area (Å²) < 4.78 is 26.8. The van der Waals surface area contributed by atoms with E-state index in [0.717, 1.165) is 23.8 Å². The molecule has 4 N–H and O–H groups in total. The van der Waals surface area contributed by atoms with Crippen LogP contribution in [0.3, 0.4) is 0 Å². The number of nitrogens with two attached hydrogens (primary N) is 1. The highest BCUT2D eigenvalue weighted by molar-refractivity contribution is 7.91. The molecule has 1 heterocycles. The Bertz CT molecular complexity index is 597. The quantitative estimate of drug-likeness (QED) is 0.379. The highest BCUT2D eigenvalue weighted by atomic mass is 32.2. The zero-order chi connectivity index (χ0) is 16.2. The Morgan fingerprint density at radius 2 is 2.00 bits per heavy atom. The Balaban J connectivity index is 2.90. The molecular weight excluding hydrogens is 316 g/mol. The van der Waals surface area contributed by atoms with Crippen LogP contribution in [0, 0.1) is 16.0 Å². The molecule has 1 atom stereocenters. The van der Waals surface area contributed by atoms with Gasteiger partial charge in [0.2, 0.25) is 0 Å². The van der Waals surface area contributed by atoms with Crippen molar-refractivity contribution in [2.24, 2.45) is 11.8 Å². The SMILES string of the molecule is CC(C)CCC(C)NS(=O)(=O)c1cc([N+](=O)[O-])c(NN)s1. The van der Waals surface area contributed by atoms with Gasteiger partial charge < -0.3 is 5.43 Å². The molecule has 0 radical (unpaired) electrons. The molecule has 1 rings (SSSR count). The third-order valence-electron chi connectivity index (χ3n) is 2.82. The lowest BCUT2D eigenvalue weighted by Crippen LogP contribution is -2.32. The number of nitrogens with one attached hydrogen (secondary N) is 2. The van der Waals surface area contributed by atoms with Gasteiger partial charge in [-0.25, -0.2) is 19.0 Å². The molecule has 0 aliphatic carbocycles. The van der Waals surface area contributed by atoms with Gasteiger partial charge in [0.05, 0.1) is 4.92 Å². The van der Waals surface area contributed by atoms with Crippen LogP contribution < -0.4 is 16.0 Å². The van der Waals surface area contributed by atoms with E-state index in [0.29, 0.717) is 12.3 Å². The van der Waals surface area contributed by atoms with E-state index in [4.69, 9.17) is 5.84 Å². The monoisotopic (exact) mass is 336 g/mol. The van der Waals surface area contributed by atoms with Crippen LogP contribution in [0.1, 0.15) is 33.6 Å². The van der Waals surface area contributed by atoms with Crippen molar-refractivity contribution < 1.29 is 13.3 Å². The second-order valence-electron chi connectivity index (χ2n) is 5.17. The summed E-state index contributed by atoms with van der Waals surface area (Å²) in [7, 11) is -3.78. The third-order valence-corrected chi connectivity index (χ3v) is 5.93. The van der Waals surface area contributed by atoms with Gasteiger partial charge in [-0.15, -0.1) is 0 Å². The maximum Gasteiger partial charge on any atom is 0.306 e. The molecule has 1 aromatic heterocycles. The average molecular weight is 336 g/mol. The number of nitro groups is 1. The van der Waals surface area contributed by atoms with E-state index in [9.17, 15) is 18.5 Å². The van der Waals surface area contributed by atoms with Crippen molar-refractivity contribution in [3.8, 4) is 0 Å². The van der Waals surface area contributed by atoms with Crippen LogP contribution >= 0.6 is 11.3 Å². The molecule has 0 saturated carbocycles. The standard InChI is InChI=1S/C11H20N4O4S2/c1-7(2)4-5-8(3)14-21(18,19)10-6-9(15(16)17)11(13-12)20-10/h6-8,13-14H,4-5,12H2,1-3H3. The fourth-order valence-corrected chi connectivity index (χ4v) is 4.23. The van der Waals surface area contributed by atoms with Crippen LogP contribution in [0.15, 0.2) is 10.3 Å². The number of sulfonamides is 1. The molecule has 120 valence electrons. The Hall–Kier alpha value is -1.23. The summed E-state index contributed by atoms with van der Waals surface area (Å²) in [6.07, 6.45) is 1.59. The van der Waals surface area contributed by atoms with Gasteiger partial charge >= 0.3 is 5.69 Å². The highest BCUT2D eigenvalue weighted by Gasteiger charge is 2.26. The first-order valence-corrected chi connectivity index (χ1v) is 8.74. The number of rotatable bonds is 8. The predicted octanol–water partition coefficient (Wildman–Crippen LogP) is 2.04. The molecule has 21 heavy (non-hydrogen) atoms. The summed E-state index contributed by atoms with van der Waals surface area (Å²) in [4.78, 5) is 10.1. The topological polar surface area (TPSA) is 127 Å². The number of thiophene rings is 1. The van der Waals surface area contributed by atoms with E-state index in [2.05, 4.69) is 24.0 Å².